The third-order valence-electron chi connectivity index (χ3n) is 2.65. The van der Waals surface area contributed by atoms with E-state index >= 15 is 0 Å². The molecule has 0 bridgehead atoms. The maximum atomic E-state index is 13.3. The van der Waals surface area contributed by atoms with Crippen LogP contribution in [0.4, 0.5) is 4.39 Å². The van der Waals surface area contributed by atoms with Gasteiger partial charge < -0.3 is 5.11 Å². The second-order valence-electron chi connectivity index (χ2n) is 4.09. The van der Waals surface area contributed by atoms with Crippen molar-refractivity contribution in [2.45, 2.75) is 11.4 Å². The lowest BCUT2D eigenvalue weighted by Crippen LogP contribution is -2.24. The van der Waals surface area contributed by atoms with Gasteiger partial charge >= 0.3 is 5.97 Å². The molecule has 2 aromatic rings. The third-order valence-corrected chi connectivity index (χ3v) is 4.05. The standard InChI is InChI=1S/C13H11FN2O4S/c14-12-5-4-10(7-11(12)13(17)18)21(19,20)16-8-9-3-1-2-6-15-9/h1-7,16H,8H2,(H,17,18). The zero-order chi connectivity index (χ0) is 15.5. The van der Waals surface area contributed by atoms with Gasteiger partial charge in [0.15, 0.2) is 0 Å². The quantitative estimate of drug-likeness (QED) is 0.870. The summed E-state index contributed by atoms with van der Waals surface area (Å²) in [7, 11) is -3.95. The van der Waals surface area contributed by atoms with Gasteiger partial charge in [0, 0.05) is 6.20 Å². The molecule has 0 saturated heterocycles. The van der Waals surface area contributed by atoms with Gasteiger partial charge in [0.05, 0.1) is 22.7 Å². The van der Waals surface area contributed by atoms with E-state index in [1.165, 1.54) is 6.20 Å². The number of nitrogens with one attached hydrogen (secondary N) is 1. The Labute approximate surface area is 120 Å². The Morgan fingerprint density at radius 1 is 1.29 bits per heavy atom. The molecule has 1 heterocycles. The first kappa shape index (κ1) is 15.1. The van der Waals surface area contributed by atoms with Gasteiger partial charge in [0.2, 0.25) is 10.0 Å². The number of hydrogen-bond acceptors (Lipinski definition) is 4. The Morgan fingerprint density at radius 3 is 2.67 bits per heavy atom. The van der Waals surface area contributed by atoms with E-state index in [0.717, 1.165) is 18.2 Å². The van der Waals surface area contributed by atoms with Gasteiger partial charge in [0.25, 0.3) is 0 Å². The Bertz CT molecular complexity index is 763. The van der Waals surface area contributed by atoms with Crippen LogP contribution < -0.4 is 4.72 Å². The van der Waals surface area contributed by atoms with Crippen LogP contribution in [0.3, 0.4) is 0 Å². The van der Waals surface area contributed by atoms with Crippen LogP contribution >= 0.6 is 0 Å². The van der Waals surface area contributed by atoms with E-state index in [2.05, 4.69) is 9.71 Å². The van der Waals surface area contributed by atoms with Crippen molar-refractivity contribution in [3.63, 3.8) is 0 Å². The molecular formula is C13H11FN2O4S. The number of aromatic nitrogens is 1. The summed E-state index contributed by atoms with van der Waals surface area (Å²) in [6, 6.07) is 7.61. The van der Waals surface area contributed by atoms with Gasteiger partial charge in [-0.05, 0) is 30.3 Å². The molecule has 2 rings (SSSR count). The van der Waals surface area contributed by atoms with Crippen molar-refractivity contribution in [2.75, 3.05) is 0 Å². The number of carboxylic acid groups (broad SMARTS) is 1. The highest BCUT2D eigenvalue weighted by Gasteiger charge is 2.19. The molecule has 0 unspecified atom stereocenters. The van der Waals surface area contributed by atoms with Crippen LogP contribution in [0.15, 0.2) is 47.5 Å². The lowest BCUT2D eigenvalue weighted by Gasteiger charge is -2.07. The molecule has 0 spiro atoms. The molecule has 0 fully saturated rings. The van der Waals surface area contributed by atoms with Crippen molar-refractivity contribution in [1.29, 1.82) is 0 Å². The number of sulfonamides is 1. The summed E-state index contributed by atoms with van der Waals surface area (Å²) in [6.45, 7) is -0.0526. The SMILES string of the molecule is O=C(O)c1cc(S(=O)(=O)NCc2ccccn2)ccc1F. The van der Waals surface area contributed by atoms with Gasteiger partial charge in [-0.2, -0.15) is 0 Å². The number of nitrogens with zero attached hydrogens (tertiary/aromatic N) is 1. The van der Waals surface area contributed by atoms with Crippen LogP contribution in [0, 0.1) is 5.82 Å². The first-order valence-corrected chi connectivity index (χ1v) is 7.31. The number of carboxylic acids is 1. The Morgan fingerprint density at radius 2 is 2.05 bits per heavy atom. The summed E-state index contributed by atoms with van der Waals surface area (Å²) in [6.07, 6.45) is 1.52. The van der Waals surface area contributed by atoms with Gasteiger partial charge in [-0.25, -0.2) is 22.3 Å². The van der Waals surface area contributed by atoms with Crippen molar-refractivity contribution < 1.29 is 22.7 Å². The molecule has 0 aliphatic rings. The molecular weight excluding hydrogens is 299 g/mol. The lowest BCUT2D eigenvalue weighted by molar-refractivity contribution is 0.0691. The molecule has 8 heteroatoms. The normalized spacial score (nSPS) is 11.3. The van der Waals surface area contributed by atoms with Crippen LogP contribution in [0.5, 0.6) is 0 Å². The number of pyridine rings is 1. The summed E-state index contributed by atoms with van der Waals surface area (Å²) in [5.74, 6) is -2.53. The molecule has 0 aliphatic heterocycles. The van der Waals surface area contributed by atoms with E-state index < -0.39 is 27.4 Å². The van der Waals surface area contributed by atoms with Crippen molar-refractivity contribution in [1.82, 2.24) is 9.71 Å². The number of carbonyl (C=O) groups is 1. The fourth-order valence-corrected chi connectivity index (χ4v) is 2.62. The Balaban J connectivity index is 2.24. The van der Waals surface area contributed by atoms with Gasteiger partial charge in [0.1, 0.15) is 5.82 Å². The zero-order valence-corrected chi connectivity index (χ0v) is 11.5. The van der Waals surface area contributed by atoms with Crippen LogP contribution in [0.2, 0.25) is 0 Å². The first-order chi connectivity index (χ1) is 9.90. The number of benzene rings is 1. The maximum Gasteiger partial charge on any atom is 0.338 e. The fraction of sp³-hybridized carbons (Fsp3) is 0.0769. The monoisotopic (exact) mass is 310 g/mol. The predicted molar refractivity (Wildman–Crippen MR) is 71.6 cm³/mol. The highest BCUT2D eigenvalue weighted by Crippen LogP contribution is 2.15. The highest BCUT2D eigenvalue weighted by molar-refractivity contribution is 7.89. The van der Waals surface area contributed by atoms with Crippen LogP contribution in [0.25, 0.3) is 0 Å². The van der Waals surface area contributed by atoms with Gasteiger partial charge in [-0.3, -0.25) is 4.98 Å². The van der Waals surface area contributed by atoms with Crippen LogP contribution in [-0.2, 0) is 16.6 Å². The average Bonchev–Trinajstić information content (AvgIpc) is 2.46. The van der Waals surface area contributed by atoms with Crippen molar-refractivity contribution in [3.8, 4) is 0 Å². The van der Waals surface area contributed by atoms with E-state index in [1.807, 2.05) is 0 Å². The Kier molecular flexibility index (Phi) is 4.29. The van der Waals surface area contributed by atoms with Gasteiger partial charge in [-0.15, -0.1) is 0 Å². The zero-order valence-electron chi connectivity index (χ0n) is 10.7. The Hall–Kier alpha value is -2.32. The topological polar surface area (TPSA) is 96.4 Å². The van der Waals surface area contributed by atoms with Crippen LogP contribution in [0.1, 0.15) is 16.1 Å². The second kappa shape index (κ2) is 5.98. The number of aromatic carboxylic acids is 1. The van der Waals surface area contributed by atoms with Crippen molar-refractivity contribution in [3.05, 3.63) is 59.7 Å². The minimum absolute atomic E-state index is 0.0526. The number of halogens is 1. The molecule has 110 valence electrons. The molecule has 0 radical (unpaired) electrons. The minimum atomic E-state index is -3.95. The molecule has 0 aliphatic carbocycles. The largest absolute Gasteiger partial charge is 0.478 e. The molecule has 21 heavy (non-hydrogen) atoms. The highest BCUT2D eigenvalue weighted by atomic mass is 32.2. The molecule has 2 N–H and O–H groups in total. The van der Waals surface area contributed by atoms with Crippen LogP contribution in [-0.4, -0.2) is 24.5 Å². The minimum Gasteiger partial charge on any atom is -0.478 e. The third kappa shape index (κ3) is 3.61. The molecule has 6 nitrogen and oxygen atoms in total. The molecule has 0 amide bonds. The molecule has 1 aromatic heterocycles. The van der Waals surface area contributed by atoms with E-state index in [9.17, 15) is 17.6 Å². The van der Waals surface area contributed by atoms with Crippen molar-refractivity contribution in [2.24, 2.45) is 0 Å². The number of rotatable bonds is 5. The average molecular weight is 310 g/mol. The first-order valence-electron chi connectivity index (χ1n) is 5.82. The summed E-state index contributed by atoms with van der Waals surface area (Å²) in [5, 5.41) is 8.80. The molecule has 0 saturated carbocycles. The van der Waals surface area contributed by atoms with E-state index in [1.54, 1.807) is 18.2 Å². The molecule has 1 aromatic carbocycles. The van der Waals surface area contributed by atoms with E-state index in [-0.39, 0.29) is 11.4 Å². The predicted octanol–water partition coefficient (Wildman–Crippen LogP) is 1.40. The summed E-state index contributed by atoms with van der Waals surface area (Å²) >= 11 is 0. The second-order valence-corrected chi connectivity index (χ2v) is 5.86. The summed E-state index contributed by atoms with van der Waals surface area (Å²) < 4.78 is 39.6. The fourth-order valence-electron chi connectivity index (χ4n) is 1.59. The maximum absolute atomic E-state index is 13.3. The molecule has 0 atom stereocenters. The van der Waals surface area contributed by atoms with E-state index in [0.29, 0.717) is 5.69 Å². The van der Waals surface area contributed by atoms with E-state index in [4.69, 9.17) is 5.11 Å². The lowest BCUT2D eigenvalue weighted by atomic mass is 10.2. The number of hydrogen-bond donors (Lipinski definition) is 2. The summed E-state index contributed by atoms with van der Waals surface area (Å²) in [4.78, 5) is 14.4. The smallest absolute Gasteiger partial charge is 0.338 e. The summed E-state index contributed by atoms with van der Waals surface area (Å²) in [5.41, 5.74) is -0.197. The van der Waals surface area contributed by atoms with Gasteiger partial charge in [-0.1, -0.05) is 6.07 Å². The van der Waals surface area contributed by atoms with Crippen molar-refractivity contribution >= 4 is 16.0 Å².